The molecule has 0 aliphatic heterocycles. The van der Waals surface area contributed by atoms with E-state index in [-0.39, 0.29) is 17.6 Å². The minimum Gasteiger partial charge on any atom is -0.366 e. The molecule has 3 heterocycles. The van der Waals surface area contributed by atoms with Gasteiger partial charge in [-0.25, -0.2) is 14.3 Å². The summed E-state index contributed by atoms with van der Waals surface area (Å²) in [6.07, 6.45) is 6.60. The number of nitrogens with zero attached hydrogens (tertiary/aromatic N) is 6. The average molecular weight is 430 g/mol. The lowest BCUT2D eigenvalue weighted by Crippen LogP contribution is -2.34. The number of anilines is 1. The topological polar surface area (TPSA) is 101 Å². The SMILES string of the molecule is Cc1cc(C)n(-c2ccc(=O)n(C3CCC(Nc4nc5c(cc4C#N)CCC5)CC3)n2)n1. The summed E-state index contributed by atoms with van der Waals surface area (Å²) in [6.45, 7) is 3.93. The average Bonchev–Trinajstić information content (AvgIpc) is 3.39. The van der Waals surface area contributed by atoms with E-state index in [2.05, 4.69) is 21.6 Å². The molecule has 32 heavy (non-hydrogen) atoms. The summed E-state index contributed by atoms with van der Waals surface area (Å²) in [7, 11) is 0. The van der Waals surface area contributed by atoms with Gasteiger partial charge in [0.15, 0.2) is 5.82 Å². The van der Waals surface area contributed by atoms with Gasteiger partial charge in [-0.3, -0.25) is 4.79 Å². The fourth-order valence-corrected chi connectivity index (χ4v) is 4.98. The van der Waals surface area contributed by atoms with Crippen LogP contribution in [0.15, 0.2) is 29.1 Å². The Morgan fingerprint density at radius 1 is 1.09 bits per heavy atom. The van der Waals surface area contributed by atoms with Crippen LogP contribution in [0.1, 0.15) is 66.4 Å². The van der Waals surface area contributed by atoms with Crippen molar-refractivity contribution in [2.75, 3.05) is 5.32 Å². The van der Waals surface area contributed by atoms with Gasteiger partial charge in [-0.2, -0.15) is 10.4 Å². The molecule has 2 aliphatic carbocycles. The molecule has 0 aromatic carbocycles. The van der Waals surface area contributed by atoms with Gasteiger partial charge in [0.2, 0.25) is 0 Å². The van der Waals surface area contributed by atoms with Crippen LogP contribution < -0.4 is 10.9 Å². The van der Waals surface area contributed by atoms with Crippen molar-refractivity contribution in [1.82, 2.24) is 24.5 Å². The van der Waals surface area contributed by atoms with E-state index < -0.39 is 0 Å². The smallest absolute Gasteiger partial charge is 0.267 e. The molecule has 0 radical (unpaired) electrons. The van der Waals surface area contributed by atoms with Crippen LogP contribution in [0.3, 0.4) is 0 Å². The van der Waals surface area contributed by atoms with E-state index in [9.17, 15) is 10.1 Å². The minimum absolute atomic E-state index is 0.0564. The van der Waals surface area contributed by atoms with E-state index in [1.165, 1.54) is 5.56 Å². The molecular formula is C24H27N7O. The van der Waals surface area contributed by atoms with Crippen molar-refractivity contribution in [1.29, 1.82) is 5.26 Å². The van der Waals surface area contributed by atoms with Gasteiger partial charge in [0.25, 0.3) is 5.56 Å². The first-order valence-corrected chi connectivity index (χ1v) is 11.3. The standard InChI is InChI=1S/C24H27N7O/c1-15-12-16(2)30(28-15)22-10-11-23(32)31(29-22)20-8-6-19(7-9-20)26-24-18(14-25)13-17-4-3-5-21(17)27-24/h10-13,19-20H,3-9H2,1-2H3,(H,26,27). The Hall–Kier alpha value is -3.47. The molecule has 0 atom stereocenters. The van der Waals surface area contributed by atoms with Gasteiger partial charge in [0.05, 0.1) is 17.3 Å². The fourth-order valence-electron chi connectivity index (χ4n) is 4.98. The molecule has 8 heteroatoms. The molecular weight excluding hydrogens is 402 g/mol. The van der Waals surface area contributed by atoms with Crippen molar-refractivity contribution in [2.45, 2.75) is 70.9 Å². The highest BCUT2D eigenvalue weighted by atomic mass is 16.1. The van der Waals surface area contributed by atoms with Crippen molar-refractivity contribution in [2.24, 2.45) is 0 Å². The second kappa shape index (κ2) is 8.23. The van der Waals surface area contributed by atoms with Gasteiger partial charge in [-0.1, -0.05) is 0 Å². The largest absolute Gasteiger partial charge is 0.366 e. The van der Waals surface area contributed by atoms with Crippen LogP contribution in [0.25, 0.3) is 5.82 Å². The molecule has 3 aromatic rings. The monoisotopic (exact) mass is 429 g/mol. The summed E-state index contributed by atoms with van der Waals surface area (Å²) in [6, 6.07) is 9.89. The highest BCUT2D eigenvalue weighted by Gasteiger charge is 2.26. The van der Waals surface area contributed by atoms with E-state index in [0.29, 0.717) is 17.2 Å². The Labute approximate surface area is 186 Å². The maximum atomic E-state index is 12.6. The predicted molar refractivity (Wildman–Crippen MR) is 121 cm³/mol. The summed E-state index contributed by atoms with van der Waals surface area (Å²) in [5, 5.41) is 22.2. The Bertz CT molecular complexity index is 1260. The Morgan fingerprint density at radius 3 is 2.62 bits per heavy atom. The summed E-state index contributed by atoms with van der Waals surface area (Å²) >= 11 is 0. The lowest BCUT2D eigenvalue weighted by atomic mass is 9.91. The normalized spacial score (nSPS) is 20.0. The minimum atomic E-state index is -0.0845. The van der Waals surface area contributed by atoms with E-state index >= 15 is 0 Å². The first-order valence-electron chi connectivity index (χ1n) is 11.3. The van der Waals surface area contributed by atoms with E-state index in [4.69, 9.17) is 4.98 Å². The zero-order chi connectivity index (χ0) is 22.2. The molecule has 3 aromatic heterocycles. The molecule has 0 saturated heterocycles. The van der Waals surface area contributed by atoms with Crippen molar-refractivity contribution in [3.8, 4) is 11.9 Å². The maximum absolute atomic E-state index is 12.6. The lowest BCUT2D eigenvalue weighted by Gasteiger charge is -2.30. The van der Waals surface area contributed by atoms with Crippen molar-refractivity contribution >= 4 is 5.82 Å². The van der Waals surface area contributed by atoms with Gasteiger partial charge in [0.1, 0.15) is 11.9 Å². The molecule has 0 bridgehead atoms. The van der Waals surface area contributed by atoms with E-state index in [0.717, 1.165) is 62.0 Å². The Balaban J connectivity index is 1.31. The van der Waals surface area contributed by atoms with Gasteiger partial charge >= 0.3 is 0 Å². The van der Waals surface area contributed by atoms with E-state index in [1.54, 1.807) is 21.5 Å². The first kappa shape index (κ1) is 20.4. The van der Waals surface area contributed by atoms with Gasteiger partial charge < -0.3 is 5.32 Å². The number of pyridine rings is 1. The third-order valence-corrected chi connectivity index (χ3v) is 6.59. The van der Waals surface area contributed by atoms with Gasteiger partial charge in [-0.05, 0) is 82.6 Å². The van der Waals surface area contributed by atoms with Crippen molar-refractivity contribution < 1.29 is 0 Å². The van der Waals surface area contributed by atoms with E-state index in [1.807, 2.05) is 26.0 Å². The van der Waals surface area contributed by atoms with Crippen LogP contribution in [0, 0.1) is 25.2 Å². The Kier molecular flexibility index (Phi) is 5.25. The zero-order valence-electron chi connectivity index (χ0n) is 18.5. The quantitative estimate of drug-likeness (QED) is 0.682. The number of aryl methyl sites for hydroxylation is 4. The fraction of sp³-hybridized carbons (Fsp3) is 0.458. The molecule has 1 saturated carbocycles. The van der Waals surface area contributed by atoms with Crippen LogP contribution >= 0.6 is 0 Å². The number of nitriles is 1. The number of fused-ring (bicyclic) bond motifs is 1. The molecule has 0 unspecified atom stereocenters. The maximum Gasteiger partial charge on any atom is 0.267 e. The van der Waals surface area contributed by atoms with Crippen LogP contribution in [0.5, 0.6) is 0 Å². The first-order chi connectivity index (χ1) is 15.5. The molecule has 5 rings (SSSR count). The second-order valence-electron chi connectivity index (χ2n) is 8.92. The number of hydrogen-bond acceptors (Lipinski definition) is 6. The van der Waals surface area contributed by atoms with Crippen LogP contribution in [0.4, 0.5) is 5.82 Å². The van der Waals surface area contributed by atoms with Gasteiger partial charge in [0, 0.05) is 23.5 Å². The van der Waals surface area contributed by atoms with Gasteiger partial charge in [-0.15, -0.1) is 5.10 Å². The summed E-state index contributed by atoms with van der Waals surface area (Å²) in [5.41, 5.74) is 4.79. The summed E-state index contributed by atoms with van der Waals surface area (Å²) in [5.74, 6) is 1.37. The molecule has 0 amide bonds. The van der Waals surface area contributed by atoms with Crippen molar-refractivity contribution in [3.63, 3.8) is 0 Å². The predicted octanol–water partition coefficient (Wildman–Crippen LogP) is 3.40. The number of rotatable bonds is 4. The van der Waals surface area contributed by atoms with Crippen LogP contribution in [-0.2, 0) is 12.8 Å². The molecule has 164 valence electrons. The Morgan fingerprint density at radius 2 is 1.91 bits per heavy atom. The van der Waals surface area contributed by atoms with Crippen LogP contribution in [0.2, 0.25) is 0 Å². The van der Waals surface area contributed by atoms with Crippen LogP contribution in [-0.4, -0.2) is 30.6 Å². The second-order valence-corrected chi connectivity index (χ2v) is 8.92. The zero-order valence-corrected chi connectivity index (χ0v) is 18.5. The number of nitrogens with one attached hydrogen (secondary N) is 1. The molecule has 0 spiro atoms. The summed E-state index contributed by atoms with van der Waals surface area (Å²) < 4.78 is 3.40. The number of aromatic nitrogens is 5. The molecule has 1 N–H and O–H groups in total. The molecule has 8 nitrogen and oxygen atoms in total. The number of hydrogen-bond donors (Lipinski definition) is 1. The third-order valence-electron chi connectivity index (χ3n) is 6.59. The molecule has 2 aliphatic rings. The lowest BCUT2D eigenvalue weighted by molar-refractivity contribution is 0.302. The highest BCUT2D eigenvalue weighted by Crippen LogP contribution is 2.31. The highest BCUT2D eigenvalue weighted by molar-refractivity contribution is 5.55. The summed E-state index contributed by atoms with van der Waals surface area (Å²) in [4.78, 5) is 17.3. The third kappa shape index (κ3) is 3.79. The van der Waals surface area contributed by atoms with Crippen molar-refractivity contribution in [3.05, 3.63) is 62.8 Å². The molecule has 1 fully saturated rings.